The Morgan fingerprint density at radius 2 is 1.72 bits per heavy atom. The zero-order chi connectivity index (χ0) is 22.1. The van der Waals surface area contributed by atoms with Crippen molar-refractivity contribution in [3.8, 4) is 0 Å². The van der Waals surface area contributed by atoms with Gasteiger partial charge in [-0.05, 0) is 48.4 Å². The minimum atomic E-state index is -0.298. The lowest BCUT2D eigenvalue weighted by Crippen LogP contribution is -2.20. The molecule has 0 bridgehead atoms. The second-order valence-corrected chi connectivity index (χ2v) is 8.03. The van der Waals surface area contributed by atoms with E-state index >= 15 is 0 Å². The van der Waals surface area contributed by atoms with Gasteiger partial charge < -0.3 is 5.32 Å². The van der Waals surface area contributed by atoms with Crippen LogP contribution < -0.4 is 10.6 Å². The molecule has 4 aromatic rings. The van der Waals surface area contributed by atoms with Crippen molar-refractivity contribution in [3.05, 3.63) is 112 Å². The first-order chi connectivity index (χ1) is 15.6. The second kappa shape index (κ2) is 8.32. The van der Waals surface area contributed by atoms with Crippen LogP contribution in [0.5, 0.6) is 0 Å². The van der Waals surface area contributed by atoms with Gasteiger partial charge in [-0.15, -0.1) is 5.10 Å². The van der Waals surface area contributed by atoms with Gasteiger partial charge in [-0.3, -0.25) is 10.1 Å². The number of anilines is 2. The molecule has 1 amide bonds. The second-order valence-electron chi connectivity index (χ2n) is 7.59. The first kappa shape index (κ1) is 20.0. The number of halogens is 1. The number of rotatable bonds is 4. The summed E-state index contributed by atoms with van der Waals surface area (Å²) in [6.07, 6.45) is 2.12. The van der Waals surface area contributed by atoms with Gasteiger partial charge in [0.15, 0.2) is 0 Å². The third-order valence-corrected chi connectivity index (χ3v) is 5.55. The molecule has 7 heteroatoms. The van der Waals surface area contributed by atoms with Crippen LogP contribution in [0.25, 0.3) is 5.70 Å². The molecule has 6 nitrogen and oxygen atoms in total. The van der Waals surface area contributed by atoms with Crippen LogP contribution in [-0.2, 0) is 0 Å². The molecule has 0 saturated carbocycles. The lowest BCUT2D eigenvalue weighted by molar-refractivity contribution is 0.102. The van der Waals surface area contributed by atoms with Gasteiger partial charge in [0.05, 0.1) is 0 Å². The number of fused-ring (bicyclic) bond motifs is 1. The molecule has 158 valence electrons. The highest BCUT2D eigenvalue weighted by Gasteiger charge is 2.26. The Morgan fingerprint density at radius 1 is 1.00 bits per heavy atom. The van der Waals surface area contributed by atoms with Gasteiger partial charge in [0.2, 0.25) is 5.95 Å². The van der Waals surface area contributed by atoms with Gasteiger partial charge in [0.25, 0.3) is 11.9 Å². The van der Waals surface area contributed by atoms with E-state index in [1.54, 1.807) is 28.9 Å². The molecular weight excluding hydrogens is 422 g/mol. The Morgan fingerprint density at radius 3 is 2.44 bits per heavy atom. The van der Waals surface area contributed by atoms with E-state index < -0.39 is 0 Å². The third-order valence-electron chi connectivity index (χ3n) is 5.30. The summed E-state index contributed by atoms with van der Waals surface area (Å²) in [7, 11) is 0. The fourth-order valence-corrected chi connectivity index (χ4v) is 3.73. The minimum Gasteiger partial charge on any atom is -0.324 e. The highest BCUT2D eigenvalue weighted by molar-refractivity contribution is 6.30. The van der Waals surface area contributed by atoms with Gasteiger partial charge in [0, 0.05) is 16.3 Å². The van der Waals surface area contributed by atoms with Crippen molar-refractivity contribution in [1.29, 1.82) is 0 Å². The van der Waals surface area contributed by atoms with E-state index in [2.05, 4.69) is 58.0 Å². The zero-order valence-electron chi connectivity index (χ0n) is 17.3. The normalized spacial score (nSPS) is 14.8. The highest BCUT2D eigenvalue weighted by atomic mass is 35.5. The van der Waals surface area contributed by atoms with Crippen molar-refractivity contribution in [2.24, 2.45) is 0 Å². The number of aromatic nitrogens is 3. The Bertz CT molecular complexity index is 1290. The number of allylic oxidation sites excluding steroid dienone is 1. The first-order valence-corrected chi connectivity index (χ1v) is 10.6. The van der Waals surface area contributed by atoms with Crippen LogP contribution in [0.15, 0.2) is 84.9 Å². The molecule has 1 unspecified atom stereocenters. The summed E-state index contributed by atoms with van der Waals surface area (Å²) >= 11 is 5.92. The average molecular weight is 442 g/mol. The zero-order valence-corrected chi connectivity index (χ0v) is 18.0. The van der Waals surface area contributed by atoms with Crippen LogP contribution in [-0.4, -0.2) is 20.7 Å². The maximum absolute atomic E-state index is 12.6. The van der Waals surface area contributed by atoms with Crippen molar-refractivity contribution in [2.45, 2.75) is 13.0 Å². The van der Waals surface area contributed by atoms with E-state index in [1.165, 1.54) is 5.56 Å². The van der Waals surface area contributed by atoms with E-state index in [-0.39, 0.29) is 17.9 Å². The largest absolute Gasteiger partial charge is 0.324 e. The molecule has 0 aliphatic carbocycles. The molecule has 1 atom stereocenters. The molecule has 0 fully saturated rings. The highest BCUT2D eigenvalue weighted by Crippen LogP contribution is 2.33. The number of hydrogen-bond acceptors (Lipinski definition) is 4. The maximum Gasteiger partial charge on any atom is 0.258 e. The van der Waals surface area contributed by atoms with Crippen LogP contribution in [0.4, 0.5) is 11.9 Å². The summed E-state index contributed by atoms with van der Waals surface area (Å²) in [4.78, 5) is 17.2. The molecule has 0 spiro atoms. The number of carbonyl (C=O) groups is 1. The number of nitrogens with one attached hydrogen (secondary N) is 2. The number of benzene rings is 3. The Kier molecular flexibility index (Phi) is 5.21. The number of nitrogens with zero attached hydrogens (tertiary/aromatic N) is 3. The van der Waals surface area contributed by atoms with Crippen molar-refractivity contribution < 1.29 is 4.79 Å². The SMILES string of the molecule is Cc1ccc(C2C=C(c3ccccc3)Nc3nc(NC(=O)c4ccc(Cl)cc4)nn32)cc1. The summed E-state index contributed by atoms with van der Waals surface area (Å²) < 4.78 is 1.79. The molecule has 0 saturated heterocycles. The van der Waals surface area contributed by atoms with Gasteiger partial charge in [-0.2, -0.15) is 4.98 Å². The van der Waals surface area contributed by atoms with Crippen LogP contribution >= 0.6 is 11.6 Å². The van der Waals surface area contributed by atoms with Gasteiger partial charge in [0.1, 0.15) is 6.04 Å². The predicted octanol–water partition coefficient (Wildman–Crippen LogP) is 5.55. The number of hydrogen-bond donors (Lipinski definition) is 2. The monoisotopic (exact) mass is 441 g/mol. The Labute approximate surface area is 190 Å². The lowest BCUT2D eigenvalue weighted by Gasteiger charge is -2.24. The van der Waals surface area contributed by atoms with Crippen molar-refractivity contribution in [3.63, 3.8) is 0 Å². The van der Waals surface area contributed by atoms with Crippen LogP contribution in [0, 0.1) is 6.92 Å². The first-order valence-electron chi connectivity index (χ1n) is 10.2. The molecule has 1 aliphatic rings. The predicted molar refractivity (Wildman–Crippen MR) is 127 cm³/mol. The molecule has 2 heterocycles. The van der Waals surface area contributed by atoms with Gasteiger partial charge >= 0.3 is 0 Å². The Balaban J connectivity index is 1.50. The smallest absolute Gasteiger partial charge is 0.258 e. The quantitative estimate of drug-likeness (QED) is 0.435. The van der Waals surface area contributed by atoms with E-state index in [0.717, 1.165) is 16.8 Å². The molecule has 0 radical (unpaired) electrons. The average Bonchev–Trinajstić information content (AvgIpc) is 3.22. The van der Waals surface area contributed by atoms with Crippen LogP contribution in [0.2, 0.25) is 5.02 Å². The van der Waals surface area contributed by atoms with Crippen molar-refractivity contribution in [1.82, 2.24) is 14.8 Å². The van der Waals surface area contributed by atoms with Gasteiger partial charge in [-0.25, -0.2) is 4.68 Å². The van der Waals surface area contributed by atoms with E-state index in [1.807, 2.05) is 30.3 Å². The maximum atomic E-state index is 12.6. The topological polar surface area (TPSA) is 71.8 Å². The van der Waals surface area contributed by atoms with Gasteiger partial charge in [-0.1, -0.05) is 71.8 Å². The molecule has 3 aromatic carbocycles. The van der Waals surface area contributed by atoms with Crippen molar-refractivity contribution >= 4 is 35.1 Å². The van der Waals surface area contributed by atoms with Crippen LogP contribution in [0.1, 0.15) is 33.1 Å². The summed E-state index contributed by atoms with van der Waals surface area (Å²) in [5.41, 5.74) is 4.72. The summed E-state index contributed by atoms with van der Waals surface area (Å²) in [6.45, 7) is 2.06. The fourth-order valence-electron chi connectivity index (χ4n) is 3.61. The summed E-state index contributed by atoms with van der Waals surface area (Å²) in [5, 5.41) is 11.3. The fraction of sp³-hybridized carbons (Fsp3) is 0.0800. The molecule has 2 N–H and O–H groups in total. The lowest BCUT2D eigenvalue weighted by atomic mass is 10.0. The van der Waals surface area contributed by atoms with Crippen LogP contribution in [0.3, 0.4) is 0 Å². The summed E-state index contributed by atoms with van der Waals surface area (Å²) in [5.74, 6) is 0.489. The number of amides is 1. The summed E-state index contributed by atoms with van der Waals surface area (Å²) in [6, 6.07) is 24.9. The molecule has 1 aliphatic heterocycles. The third kappa shape index (κ3) is 4.00. The minimum absolute atomic E-state index is 0.171. The molecule has 5 rings (SSSR count). The molecule has 32 heavy (non-hydrogen) atoms. The number of aryl methyl sites for hydroxylation is 1. The van der Waals surface area contributed by atoms with Crippen molar-refractivity contribution in [2.75, 3.05) is 10.6 Å². The van der Waals surface area contributed by atoms with E-state index in [9.17, 15) is 4.79 Å². The standard InChI is InChI=1S/C25H20ClN5O/c1-16-7-9-18(10-8-16)22-15-21(17-5-3-2-4-6-17)27-25-29-24(30-31(22)25)28-23(32)19-11-13-20(26)14-12-19/h2-15,22H,1H3,(H2,27,28,29,30,32). The number of carbonyl (C=O) groups excluding carboxylic acids is 1. The molecular formula is C25H20ClN5O. The molecule has 1 aromatic heterocycles. The Hall–Kier alpha value is -3.90. The van der Waals surface area contributed by atoms with E-state index in [0.29, 0.717) is 16.5 Å². The van der Waals surface area contributed by atoms with E-state index in [4.69, 9.17) is 11.6 Å².